The summed E-state index contributed by atoms with van der Waals surface area (Å²) in [6.07, 6.45) is 3.50. The number of likely N-dealkylation sites (N-methyl/N-ethyl adjacent to an activating group) is 1. The lowest BCUT2D eigenvalue weighted by Gasteiger charge is -2.12. The van der Waals surface area contributed by atoms with Crippen LogP contribution in [0.15, 0.2) is 41.8 Å². The Hall–Kier alpha value is -1.55. The summed E-state index contributed by atoms with van der Waals surface area (Å²) in [6, 6.07) is 9.38. The van der Waals surface area contributed by atoms with Gasteiger partial charge in [-0.15, -0.1) is 11.8 Å². The van der Waals surface area contributed by atoms with E-state index in [9.17, 15) is 9.59 Å². The molecule has 0 aliphatic rings. The molecule has 0 radical (unpaired) electrons. The summed E-state index contributed by atoms with van der Waals surface area (Å²) in [5.41, 5.74) is 0.908. The number of amides is 2. The predicted molar refractivity (Wildman–Crippen MR) is 70.6 cm³/mol. The van der Waals surface area contributed by atoms with Gasteiger partial charge in [0.1, 0.15) is 0 Å². The smallest absolute Gasteiger partial charge is 0.253 e. The molecular weight excluding hydrogens is 234 g/mol. The Morgan fingerprint density at radius 1 is 1.29 bits per heavy atom. The van der Waals surface area contributed by atoms with Gasteiger partial charge in [0.15, 0.2) is 0 Å². The fourth-order valence-electron chi connectivity index (χ4n) is 1.25. The van der Waals surface area contributed by atoms with Crippen LogP contribution in [0.3, 0.4) is 0 Å². The second kappa shape index (κ2) is 6.91. The van der Waals surface area contributed by atoms with E-state index in [0.29, 0.717) is 0 Å². The molecule has 0 aromatic heterocycles. The second-order valence-corrected chi connectivity index (χ2v) is 4.24. The molecule has 0 saturated carbocycles. The van der Waals surface area contributed by atoms with Gasteiger partial charge in [0.2, 0.25) is 5.91 Å². The van der Waals surface area contributed by atoms with E-state index in [1.54, 1.807) is 5.41 Å². The van der Waals surface area contributed by atoms with E-state index in [2.05, 4.69) is 0 Å². The Bertz CT molecular complexity index is 415. The number of hydrogen-bond donors (Lipinski definition) is 0. The molecule has 0 spiro atoms. The van der Waals surface area contributed by atoms with E-state index in [1.165, 1.54) is 24.9 Å². The Labute approximate surface area is 106 Å². The summed E-state index contributed by atoms with van der Waals surface area (Å²) in [6.45, 7) is 0. The van der Waals surface area contributed by atoms with Crippen molar-refractivity contribution >= 4 is 23.6 Å². The Kier molecular flexibility index (Phi) is 5.49. The lowest BCUT2D eigenvalue weighted by molar-refractivity contribution is -0.139. The van der Waals surface area contributed by atoms with E-state index in [0.717, 1.165) is 10.5 Å². The van der Waals surface area contributed by atoms with E-state index in [-0.39, 0.29) is 18.2 Å². The van der Waals surface area contributed by atoms with Crippen molar-refractivity contribution in [1.29, 1.82) is 0 Å². The maximum Gasteiger partial charge on any atom is 0.253 e. The number of carbonyl (C=O) groups excluding carboxylic acids is 2. The molecular formula is C13H15NO2S. The molecule has 1 aromatic rings. The number of thioether (sulfide) groups is 1. The highest BCUT2D eigenvalue weighted by Gasteiger charge is 2.14. The monoisotopic (exact) mass is 249 g/mol. The third-order valence-electron chi connectivity index (χ3n) is 2.25. The molecule has 2 amide bonds. The minimum atomic E-state index is -0.291. The van der Waals surface area contributed by atoms with Gasteiger partial charge >= 0.3 is 0 Å². The summed E-state index contributed by atoms with van der Waals surface area (Å²) in [5, 5.41) is 1.66. The van der Waals surface area contributed by atoms with E-state index in [4.69, 9.17) is 0 Å². The van der Waals surface area contributed by atoms with Crippen LogP contribution in [-0.4, -0.2) is 30.0 Å². The van der Waals surface area contributed by atoms with Crippen LogP contribution >= 0.6 is 11.8 Å². The van der Waals surface area contributed by atoms with Crippen LogP contribution in [0.4, 0.5) is 0 Å². The van der Waals surface area contributed by atoms with Crippen molar-refractivity contribution < 1.29 is 9.59 Å². The SMILES string of the molecule is CS/C=C/C(=O)N(C)C(=O)Cc1ccccc1. The van der Waals surface area contributed by atoms with Crippen LogP contribution in [0.2, 0.25) is 0 Å². The summed E-state index contributed by atoms with van der Waals surface area (Å²) in [4.78, 5) is 24.5. The van der Waals surface area contributed by atoms with E-state index >= 15 is 0 Å². The van der Waals surface area contributed by atoms with Crippen LogP contribution in [-0.2, 0) is 16.0 Å². The van der Waals surface area contributed by atoms with Crippen LogP contribution < -0.4 is 0 Å². The highest BCUT2D eigenvalue weighted by Crippen LogP contribution is 2.03. The van der Waals surface area contributed by atoms with Crippen LogP contribution in [0.5, 0.6) is 0 Å². The lowest BCUT2D eigenvalue weighted by Crippen LogP contribution is -2.32. The first kappa shape index (κ1) is 13.5. The first-order valence-electron chi connectivity index (χ1n) is 5.19. The zero-order chi connectivity index (χ0) is 12.7. The van der Waals surface area contributed by atoms with Gasteiger partial charge in [-0.1, -0.05) is 30.3 Å². The molecule has 0 atom stereocenters. The molecule has 0 unspecified atom stereocenters. The summed E-state index contributed by atoms with van der Waals surface area (Å²) < 4.78 is 0. The molecule has 1 aromatic carbocycles. The minimum Gasteiger partial charge on any atom is -0.282 e. The predicted octanol–water partition coefficient (Wildman–Crippen LogP) is 2.09. The average Bonchev–Trinajstić information content (AvgIpc) is 2.36. The fourth-order valence-corrected chi connectivity index (χ4v) is 1.50. The zero-order valence-corrected chi connectivity index (χ0v) is 10.7. The highest BCUT2D eigenvalue weighted by atomic mass is 32.2. The molecule has 0 saturated heterocycles. The summed E-state index contributed by atoms with van der Waals surface area (Å²) >= 11 is 1.42. The first-order chi connectivity index (χ1) is 8.15. The summed E-state index contributed by atoms with van der Waals surface area (Å²) in [7, 11) is 1.50. The Balaban J connectivity index is 2.59. The number of imide groups is 1. The summed E-state index contributed by atoms with van der Waals surface area (Å²) in [5.74, 6) is -0.493. The molecule has 0 heterocycles. The molecule has 1 rings (SSSR count). The third kappa shape index (κ3) is 4.44. The van der Waals surface area contributed by atoms with Crippen LogP contribution in [0, 0.1) is 0 Å². The lowest BCUT2D eigenvalue weighted by atomic mass is 10.1. The van der Waals surface area contributed by atoms with Gasteiger partial charge in [-0.3, -0.25) is 14.5 Å². The first-order valence-corrected chi connectivity index (χ1v) is 6.47. The molecule has 90 valence electrons. The number of nitrogens with zero attached hydrogens (tertiary/aromatic N) is 1. The van der Waals surface area contributed by atoms with Crippen molar-refractivity contribution in [3.63, 3.8) is 0 Å². The van der Waals surface area contributed by atoms with Crippen LogP contribution in [0.1, 0.15) is 5.56 Å². The van der Waals surface area contributed by atoms with Crippen molar-refractivity contribution in [3.8, 4) is 0 Å². The van der Waals surface area contributed by atoms with Crippen molar-refractivity contribution in [1.82, 2.24) is 4.90 Å². The second-order valence-electron chi connectivity index (χ2n) is 3.49. The van der Waals surface area contributed by atoms with Gasteiger partial charge in [-0.25, -0.2) is 0 Å². The van der Waals surface area contributed by atoms with Gasteiger partial charge in [0.05, 0.1) is 6.42 Å². The van der Waals surface area contributed by atoms with E-state index in [1.807, 2.05) is 36.6 Å². The molecule has 0 aliphatic heterocycles. The van der Waals surface area contributed by atoms with Crippen molar-refractivity contribution in [2.75, 3.05) is 13.3 Å². The maximum absolute atomic E-state index is 11.8. The number of hydrogen-bond acceptors (Lipinski definition) is 3. The number of benzene rings is 1. The van der Waals surface area contributed by atoms with Gasteiger partial charge in [0, 0.05) is 13.1 Å². The van der Waals surface area contributed by atoms with Gasteiger partial charge in [-0.2, -0.15) is 0 Å². The zero-order valence-electron chi connectivity index (χ0n) is 9.92. The minimum absolute atomic E-state index is 0.202. The maximum atomic E-state index is 11.8. The fraction of sp³-hybridized carbons (Fsp3) is 0.231. The van der Waals surface area contributed by atoms with Gasteiger partial charge in [-0.05, 0) is 17.2 Å². The molecule has 17 heavy (non-hydrogen) atoms. The normalized spacial score (nSPS) is 10.5. The Morgan fingerprint density at radius 2 is 1.94 bits per heavy atom. The van der Waals surface area contributed by atoms with Crippen LogP contribution in [0.25, 0.3) is 0 Å². The molecule has 0 N–H and O–H groups in total. The van der Waals surface area contributed by atoms with Crippen molar-refractivity contribution in [2.24, 2.45) is 0 Å². The molecule has 3 nitrogen and oxygen atoms in total. The third-order valence-corrected chi connectivity index (χ3v) is 2.66. The van der Waals surface area contributed by atoms with Gasteiger partial charge in [0.25, 0.3) is 5.91 Å². The van der Waals surface area contributed by atoms with Crippen molar-refractivity contribution in [2.45, 2.75) is 6.42 Å². The largest absolute Gasteiger partial charge is 0.282 e. The quantitative estimate of drug-likeness (QED) is 0.767. The number of carbonyl (C=O) groups is 2. The molecule has 0 bridgehead atoms. The van der Waals surface area contributed by atoms with Crippen molar-refractivity contribution in [3.05, 3.63) is 47.4 Å². The molecule has 0 fully saturated rings. The van der Waals surface area contributed by atoms with E-state index < -0.39 is 0 Å². The average molecular weight is 249 g/mol. The number of rotatable bonds is 4. The highest BCUT2D eigenvalue weighted by molar-refractivity contribution is 8.01. The standard InChI is InChI=1S/C13H15NO2S/c1-14(12(15)8-9-17-2)13(16)10-11-6-4-3-5-7-11/h3-9H,10H2,1-2H3/b9-8+. The topological polar surface area (TPSA) is 37.4 Å². The molecule has 4 heteroatoms. The van der Waals surface area contributed by atoms with Gasteiger partial charge < -0.3 is 0 Å². The molecule has 0 aliphatic carbocycles. The Morgan fingerprint density at radius 3 is 2.53 bits per heavy atom.